The van der Waals surface area contributed by atoms with Crippen LogP contribution in [0.4, 0.5) is 5.69 Å². The van der Waals surface area contributed by atoms with E-state index in [1.807, 2.05) is 35.7 Å². The molecule has 0 radical (unpaired) electrons. The van der Waals surface area contributed by atoms with Gasteiger partial charge < -0.3 is 19.5 Å². The highest BCUT2D eigenvalue weighted by molar-refractivity contribution is 7.11. The number of ketones is 1. The van der Waals surface area contributed by atoms with Crippen LogP contribution >= 0.6 is 22.9 Å². The Kier molecular flexibility index (Phi) is 8.08. The lowest BCUT2D eigenvalue weighted by Gasteiger charge is -2.15. The van der Waals surface area contributed by atoms with Crippen molar-refractivity contribution in [2.75, 3.05) is 26.6 Å². The molecule has 186 valence electrons. The molecule has 0 fully saturated rings. The van der Waals surface area contributed by atoms with Crippen molar-refractivity contribution in [2.24, 2.45) is 0 Å². The van der Waals surface area contributed by atoms with Gasteiger partial charge in [0.25, 0.3) is 0 Å². The van der Waals surface area contributed by atoms with Gasteiger partial charge >= 0.3 is 0 Å². The first-order valence-electron chi connectivity index (χ1n) is 11.0. The number of hydrogen-bond acceptors (Lipinski definition) is 8. The Labute approximate surface area is 223 Å². The number of methoxy groups -OCH3 is 3. The van der Waals surface area contributed by atoms with Crippen LogP contribution in [-0.4, -0.2) is 32.1 Å². The Morgan fingerprint density at radius 3 is 2.35 bits per heavy atom. The summed E-state index contributed by atoms with van der Waals surface area (Å²) in [5, 5.41) is 15.7. The number of hydrogen-bond donors (Lipinski definition) is 1. The molecule has 1 aromatic heterocycles. The van der Waals surface area contributed by atoms with Crippen LogP contribution in [0.25, 0.3) is 16.8 Å². The molecule has 0 spiro atoms. The zero-order chi connectivity index (χ0) is 26.4. The average Bonchev–Trinajstić information content (AvgIpc) is 3.43. The lowest BCUT2D eigenvalue weighted by Crippen LogP contribution is -2.07. The number of nitrogens with one attached hydrogen (secondary N) is 1. The van der Waals surface area contributed by atoms with Crippen molar-refractivity contribution in [3.05, 3.63) is 93.4 Å². The van der Waals surface area contributed by atoms with Crippen molar-refractivity contribution in [1.82, 2.24) is 4.98 Å². The Balaban J connectivity index is 1.67. The summed E-state index contributed by atoms with van der Waals surface area (Å²) in [7, 11) is 4.45. The fraction of sp³-hybridized carbons (Fsp3) is 0.107. The molecular formula is C28H22ClN3O4S. The molecule has 9 heteroatoms. The predicted molar refractivity (Wildman–Crippen MR) is 146 cm³/mol. The molecule has 1 heterocycles. The largest absolute Gasteiger partial charge is 0.493 e. The number of carbonyl (C=O) groups is 1. The second-order valence-electron chi connectivity index (χ2n) is 7.65. The van der Waals surface area contributed by atoms with Crippen molar-refractivity contribution < 1.29 is 19.0 Å². The number of ether oxygens (including phenoxy) is 3. The minimum atomic E-state index is -0.322. The molecular weight excluding hydrogens is 510 g/mol. The molecule has 0 aliphatic rings. The Morgan fingerprint density at radius 2 is 1.73 bits per heavy atom. The van der Waals surface area contributed by atoms with Crippen LogP contribution in [0.15, 0.2) is 72.2 Å². The molecule has 0 aliphatic carbocycles. The summed E-state index contributed by atoms with van der Waals surface area (Å²) in [5.41, 5.74) is 3.16. The molecule has 4 rings (SSSR count). The number of nitrogens with zero attached hydrogens (tertiary/aromatic N) is 2. The molecule has 4 aromatic rings. The van der Waals surface area contributed by atoms with E-state index in [1.54, 1.807) is 30.3 Å². The first-order valence-corrected chi connectivity index (χ1v) is 12.3. The number of rotatable bonds is 9. The van der Waals surface area contributed by atoms with Gasteiger partial charge in [0.05, 0.1) is 27.0 Å². The predicted octanol–water partition coefficient (Wildman–Crippen LogP) is 6.70. The topological polar surface area (TPSA) is 93.5 Å². The number of carbonyl (C=O) groups excluding carboxylic acids is 1. The molecule has 0 atom stereocenters. The van der Waals surface area contributed by atoms with E-state index in [0.29, 0.717) is 49.7 Å². The van der Waals surface area contributed by atoms with Crippen molar-refractivity contribution in [3.63, 3.8) is 0 Å². The summed E-state index contributed by atoms with van der Waals surface area (Å²) in [6, 6.07) is 19.9. The minimum absolute atomic E-state index is 0.305. The number of thiazole rings is 1. The van der Waals surface area contributed by atoms with Crippen LogP contribution in [0.2, 0.25) is 5.02 Å². The van der Waals surface area contributed by atoms with E-state index in [9.17, 15) is 10.1 Å². The first-order chi connectivity index (χ1) is 18.0. The summed E-state index contributed by atoms with van der Waals surface area (Å²) >= 11 is 7.60. The molecule has 37 heavy (non-hydrogen) atoms. The monoisotopic (exact) mass is 531 g/mol. The van der Waals surface area contributed by atoms with E-state index >= 15 is 0 Å². The molecule has 0 bridgehead atoms. The number of anilines is 1. The van der Waals surface area contributed by atoms with Gasteiger partial charge in [-0.05, 0) is 30.3 Å². The molecule has 0 amide bonds. The number of allylic oxidation sites excluding steroid dienone is 1. The molecule has 1 N–H and O–H groups in total. The maximum atomic E-state index is 13.6. The van der Waals surface area contributed by atoms with Gasteiger partial charge in [-0.2, -0.15) is 5.26 Å². The standard InChI is InChI=1S/C28H22ClN3O4S/c1-34-24-11-18(12-25(35-2)27(24)36-3)26(33)21-13-20(29)9-10-22(21)31-15-19(14-30)28-32-23(16-37-28)17-7-5-4-6-8-17/h4-13,15-16,31H,1-3H3. The van der Waals surface area contributed by atoms with Gasteiger partial charge in [-0.25, -0.2) is 4.98 Å². The first kappa shape index (κ1) is 25.8. The van der Waals surface area contributed by atoms with Gasteiger partial charge in [-0.1, -0.05) is 41.9 Å². The van der Waals surface area contributed by atoms with Crippen molar-refractivity contribution in [3.8, 4) is 34.6 Å². The van der Waals surface area contributed by atoms with Crippen molar-refractivity contribution in [2.45, 2.75) is 0 Å². The molecule has 0 saturated carbocycles. The fourth-order valence-corrected chi connectivity index (χ4v) is 4.60. The molecule has 0 unspecified atom stereocenters. The molecule has 3 aromatic carbocycles. The van der Waals surface area contributed by atoms with Gasteiger partial charge in [0.1, 0.15) is 16.6 Å². The number of benzene rings is 3. The van der Waals surface area contributed by atoms with Crippen molar-refractivity contribution >= 4 is 40.0 Å². The maximum absolute atomic E-state index is 13.6. The number of nitriles is 1. The van der Waals surface area contributed by atoms with Crippen LogP contribution in [0.1, 0.15) is 20.9 Å². The van der Waals surface area contributed by atoms with Gasteiger partial charge in [0.2, 0.25) is 5.75 Å². The third-order valence-corrected chi connectivity index (χ3v) is 6.56. The van der Waals surface area contributed by atoms with E-state index in [-0.39, 0.29) is 5.78 Å². The molecule has 0 aliphatic heterocycles. The average molecular weight is 532 g/mol. The van der Waals surface area contributed by atoms with E-state index in [1.165, 1.54) is 38.9 Å². The fourth-order valence-electron chi connectivity index (χ4n) is 3.63. The molecule has 7 nitrogen and oxygen atoms in total. The second kappa shape index (κ2) is 11.6. The normalized spacial score (nSPS) is 10.9. The van der Waals surface area contributed by atoms with Gasteiger partial charge in [0.15, 0.2) is 17.3 Å². The van der Waals surface area contributed by atoms with Crippen LogP contribution in [0.3, 0.4) is 0 Å². The Bertz CT molecular complexity index is 1480. The Hall–Kier alpha value is -4.32. The maximum Gasteiger partial charge on any atom is 0.203 e. The van der Waals surface area contributed by atoms with Crippen LogP contribution in [-0.2, 0) is 0 Å². The van der Waals surface area contributed by atoms with Gasteiger partial charge in [0, 0.05) is 39.0 Å². The number of aromatic nitrogens is 1. The van der Waals surface area contributed by atoms with E-state index in [4.69, 9.17) is 25.8 Å². The molecule has 0 saturated heterocycles. The van der Waals surface area contributed by atoms with E-state index in [0.717, 1.165) is 11.3 Å². The van der Waals surface area contributed by atoms with Crippen molar-refractivity contribution in [1.29, 1.82) is 5.26 Å². The summed E-state index contributed by atoms with van der Waals surface area (Å²) in [6.07, 6.45) is 1.53. The summed E-state index contributed by atoms with van der Waals surface area (Å²) < 4.78 is 16.1. The Morgan fingerprint density at radius 1 is 1.03 bits per heavy atom. The highest BCUT2D eigenvalue weighted by Crippen LogP contribution is 2.39. The lowest BCUT2D eigenvalue weighted by atomic mass is 10.0. The lowest BCUT2D eigenvalue weighted by molar-refractivity contribution is 0.103. The van der Waals surface area contributed by atoms with Crippen LogP contribution in [0.5, 0.6) is 17.2 Å². The van der Waals surface area contributed by atoms with E-state index < -0.39 is 0 Å². The second-order valence-corrected chi connectivity index (χ2v) is 8.95. The van der Waals surface area contributed by atoms with Gasteiger partial charge in [-0.3, -0.25) is 4.79 Å². The smallest absolute Gasteiger partial charge is 0.203 e. The SMILES string of the molecule is COc1cc(C(=O)c2cc(Cl)ccc2NC=C(C#N)c2nc(-c3ccccc3)cs2)cc(OC)c1OC. The third kappa shape index (κ3) is 5.59. The third-order valence-electron chi connectivity index (χ3n) is 5.45. The highest BCUT2D eigenvalue weighted by Gasteiger charge is 2.20. The summed E-state index contributed by atoms with van der Waals surface area (Å²) in [4.78, 5) is 18.2. The minimum Gasteiger partial charge on any atom is -0.493 e. The summed E-state index contributed by atoms with van der Waals surface area (Å²) in [5.74, 6) is 0.764. The zero-order valence-corrected chi connectivity index (χ0v) is 21.8. The quantitative estimate of drug-likeness (QED) is 0.190. The number of halogens is 1. The van der Waals surface area contributed by atoms with Gasteiger partial charge in [-0.15, -0.1) is 11.3 Å². The van der Waals surface area contributed by atoms with Crippen LogP contribution in [0, 0.1) is 11.3 Å². The van der Waals surface area contributed by atoms with E-state index in [2.05, 4.69) is 16.4 Å². The van der Waals surface area contributed by atoms with Crippen LogP contribution < -0.4 is 19.5 Å². The highest BCUT2D eigenvalue weighted by atomic mass is 35.5. The zero-order valence-electron chi connectivity index (χ0n) is 20.2. The summed E-state index contributed by atoms with van der Waals surface area (Å²) in [6.45, 7) is 0.